The summed E-state index contributed by atoms with van der Waals surface area (Å²) in [6.07, 6.45) is 9.10. The molecule has 0 saturated heterocycles. The highest BCUT2D eigenvalue weighted by Gasteiger charge is 2.17. The number of pyridine rings is 1. The number of nitrogens with zero attached hydrogens (tertiary/aromatic N) is 1. The fourth-order valence-corrected chi connectivity index (χ4v) is 2.17. The lowest BCUT2D eigenvalue weighted by molar-refractivity contribution is -0.116. The van der Waals surface area contributed by atoms with Crippen molar-refractivity contribution in [3.8, 4) is 0 Å². The molecule has 0 unspecified atom stereocenters. The maximum Gasteiger partial charge on any atom is 0.257 e. The van der Waals surface area contributed by atoms with Crippen LogP contribution in [0.5, 0.6) is 0 Å². The van der Waals surface area contributed by atoms with Crippen LogP contribution in [0.4, 0.5) is 5.69 Å². The van der Waals surface area contributed by atoms with Gasteiger partial charge in [-0.15, -0.1) is 0 Å². The van der Waals surface area contributed by atoms with E-state index in [4.69, 9.17) is 0 Å². The lowest BCUT2D eigenvalue weighted by Gasteiger charge is -2.07. The van der Waals surface area contributed by atoms with Gasteiger partial charge in [0, 0.05) is 24.6 Å². The smallest absolute Gasteiger partial charge is 0.257 e. The van der Waals surface area contributed by atoms with Crippen molar-refractivity contribution in [2.75, 3.05) is 5.32 Å². The molecule has 2 N–H and O–H groups in total. The lowest BCUT2D eigenvalue weighted by Crippen LogP contribution is -2.20. The Hall–Kier alpha value is -2.95. The minimum absolute atomic E-state index is 0.0733. The van der Waals surface area contributed by atoms with Crippen LogP contribution in [-0.4, -0.2) is 16.8 Å². The van der Waals surface area contributed by atoms with E-state index in [1.165, 1.54) is 19.0 Å². The predicted octanol–water partition coefficient (Wildman–Crippen LogP) is 2.92. The van der Waals surface area contributed by atoms with Crippen molar-refractivity contribution in [2.45, 2.75) is 19.4 Å². The molecule has 24 heavy (non-hydrogen) atoms. The third kappa shape index (κ3) is 4.78. The van der Waals surface area contributed by atoms with Gasteiger partial charge in [-0.3, -0.25) is 14.6 Å². The number of carbonyl (C=O) groups is 2. The van der Waals surface area contributed by atoms with E-state index in [9.17, 15) is 9.59 Å². The third-order valence-electron chi connectivity index (χ3n) is 3.74. The van der Waals surface area contributed by atoms with Crippen molar-refractivity contribution >= 4 is 17.5 Å². The van der Waals surface area contributed by atoms with Gasteiger partial charge in [-0.05, 0) is 54.7 Å². The van der Waals surface area contributed by atoms with Crippen LogP contribution in [-0.2, 0) is 11.3 Å². The minimum Gasteiger partial charge on any atom is -0.348 e. The number of anilines is 1. The summed E-state index contributed by atoms with van der Waals surface area (Å²) in [5.41, 5.74) is 2.19. The van der Waals surface area contributed by atoms with Crippen LogP contribution >= 0.6 is 0 Å². The molecule has 1 aromatic carbocycles. The van der Waals surface area contributed by atoms with Crippen molar-refractivity contribution in [3.63, 3.8) is 0 Å². The number of allylic oxidation sites excluding steroid dienone is 1. The Morgan fingerprint density at radius 1 is 1.17 bits per heavy atom. The molecular formula is C19H19N3O2. The second-order valence-electron chi connectivity index (χ2n) is 5.81. The van der Waals surface area contributed by atoms with Gasteiger partial charge in [0.05, 0.1) is 5.56 Å². The Kier molecular flexibility index (Phi) is 5.01. The summed E-state index contributed by atoms with van der Waals surface area (Å²) in [6, 6.07) is 10.8. The van der Waals surface area contributed by atoms with E-state index in [1.807, 2.05) is 30.3 Å². The summed E-state index contributed by atoms with van der Waals surface area (Å²) < 4.78 is 0. The quantitative estimate of drug-likeness (QED) is 0.804. The number of amides is 2. The van der Waals surface area contributed by atoms with E-state index in [1.54, 1.807) is 24.4 Å². The molecule has 5 nitrogen and oxygen atoms in total. The molecule has 0 atom stereocenters. The highest BCUT2D eigenvalue weighted by atomic mass is 16.2. The fraction of sp³-hybridized carbons (Fsp3) is 0.211. The Bertz CT molecular complexity index is 735. The molecule has 2 amide bonds. The summed E-state index contributed by atoms with van der Waals surface area (Å²) >= 11 is 0. The normalized spacial score (nSPS) is 13.7. The van der Waals surface area contributed by atoms with Gasteiger partial charge in [0.2, 0.25) is 5.91 Å². The largest absolute Gasteiger partial charge is 0.348 e. The monoisotopic (exact) mass is 321 g/mol. The van der Waals surface area contributed by atoms with Crippen molar-refractivity contribution in [1.29, 1.82) is 0 Å². The van der Waals surface area contributed by atoms with Crippen LogP contribution in [0.15, 0.2) is 60.9 Å². The van der Waals surface area contributed by atoms with Gasteiger partial charge in [0.1, 0.15) is 0 Å². The Balaban J connectivity index is 1.49. The molecule has 1 fully saturated rings. The number of aromatic nitrogens is 1. The van der Waals surface area contributed by atoms with Gasteiger partial charge in [0.15, 0.2) is 0 Å². The van der Waals surface area contributed by atoms with Gasteiger partial charge in [0.25, 0.3) is 5.91 Å². The molecule has 0 radical (unpaired) electrons. The molecule has 122 valence electrons. The lowest BCUT2D eigenvalue weighted by atomic mass is 10.2. The second kappa shape index (κ2) is 7.55. The SMILES string of the molecule is O=C(/C=C/C1CC1)NCc1ccc(NC(=O)c2cccnc2)cc1. The first-order valence-corrected chi connectivity index (χ1v) is 7.97. The standard InChI is InChI=1S/C19H19N3O2/c23-18(10-7-14-3-4-14)21-12-15-5-8-17(9-6-15)22-19(24)16-2-1-11-20-13-16/h1-2,5-11,13-14H,3-4,12H2,(H,21,23)(H,22,24)/b10-7+. The molecule has 0 aliphatic heterocycles. The van der Waals surface area contributed by atoms with Crippen LogP contribution in [0, 0.1) is 5.92 Å². The molecule has 1 heterocycles. The molecule has 5 heteroatoms. The van der Waals surface area contributed by atoms with Crippen molar-refractivity contribution < 1.29 is 9.59 Å². The fourth-order valence-electron chi connectivity index (χ4n) is 2.17. The van der Waals surface area contributed by atoms with Gasteiger partial charge in [-0.2, -0.15) is 0 Å². The number of nitrogens with one attached hydrogen (secondary N) is 2. The number of hydrogen-bond donors (Lipinski definition) is 2. The van der Waals surface area contributed by atoms with Gasteiger partial charge in [-0.25, -0.2) is 0 Å². The van der Waals surface area contributed by atoms with E-state index in [2.05, 4.69) is 15.6 Å². The topological polar surface area (TPSA) is 71.1 Å². The van der Waals surface area contributed by atoms with E-state index in [-0.39, 0.29) is 11.8 Å². The zero-order chi connectivity index (χ0) is 16.8. The van der Waals surface area contributed by atoms with Crippen molar-refractivity contribution in [2.24, 2.45) is 5.92 Å². The first kappa shape index (κ1) is 15.9. The average molecular weight is 321 g/mol. The zero-order valence-electron chi connectivity index (χ0n) is 13.2. The Morgan fingerprint density at radius 2 is 1.96 bits per heavy atom. The summed E-state index contributed by atoms with van der Waals surface area (Å²) in [5.74, 6) is 0.323. The minimum atomic E-state index is -0.200. The first-order valence-electron chi connectivity index (χ1n) is 7.97. The Morgan fingerprint density at radius 3 is 2.62 bits per heavy atom. The third-order valence-corrected chi connectivity index (χ3v) is 3.74. The number of rotatable bonds is 6. The maximum absolute atomic E-state index is 12.0. The molecule has 1 aliphatic carbocycles. The van der Waals surface area contributed by atoms with Crippen LogP contribution in [0.25, 0.3) is 0 Å². The van der Waals surface area contributed by atoms with Gasteiger partial charge < -0.3 is 10.6 Å². The van der Waals surface area contributed by atoms with Crippen molar-refractivity contribution in [1.82, 2.24) is 10.3 Å². The van der Waals surface area contributed by atoms with E-state index < -0.39 is 0 Å². The number of hydrogen-bond acceptors (Lipinski definition) is 3. The summed E-state index contributed by atoms with van der Waals surface area (Å²) in [4.78, 5) is 27.6. The van der Waals surface area contributed by atoms with Crippen LogP contribution in [0.1, 0.15) is 28.8 Å². The van der Waals surface area contributed by atoms with E-state index in [0.717, 1.165) is 5.56 Å². The predicted molar refractivity (Wildman–Crippen MR) is 92.3 cm³/mol. The summed E-state index contributed by atoms with van der Waals surface area (Å²) in [7, 11) is 0. The first-order chi connectivity index (χ1) is 11.7. The molecule has 1 aromatic heterocycles. The molecular weight excluding hydrogens is 302 g/mol. The van der Waals surface area contributed by atoms with E-state index in [0.29, 0.717) is 23.7 Å². The average Bonchev–Trinajstić information content (AvgIpc) is 3.44. The second-order valence-corrected chi connectivity index (χ2v) is 5.81. The highest BCUT2D eigenvalue weighted by Crippen LogP contribution is 2.29. The molecule has 1 aliphatic rings. The van der Waals surface area contributed by atoms with Crippen molar-refractivity contribution in [3.05, 3.63) is 72.1 Å². The Labute approximate surface area is 140 Å². The van der Waals surface area contributed by atoms with Gasteiger partial charge >= 0.3 is 0 Å². The molecule has 2 aromatic rings. The summed E-state index contributed by atoms with van der Waals surface area (Å²) in [5, 5.41) is 5.66. The number of benzene rings is 1. The molecule has 0 bridgehead atoms. The van der Waals surface area contributed by atoms with Crippen LogP contribution < -0.4 is 10.6 Å². The van der Waals surface area contributed by atoms with Gasteiger partial charge in [-0.1, -0.05) is 18.2 Å². The molecule has 3 rings (SSSR count). The zero-order valence-corrected chi connectivity index (χ0v) is 13.2. The van der Waals surface area contributed by atoms with Crippen LogP contribution in [0.3, 0.4) is 0 Å². The van der Waals surface area contributed by atoms with Crippen LogP contribution in [0.2, 0.25) is 0 Å². The summed E-state index contributed by atoms with van der Waals surface area (Å²) in [6.45, 7) is 0.463. The number of carbonyl (C=O) groups excluding carboxylic acids is 2. The van der Waals surface area contributed by atoms with E-state index >= 15 is 0 Å². The molecule has 0 spiro atoms. The molecule has 1 saturated carbocycles. The maximum atomic E-state index is 12.0. The highest BCUT2D eigenvalue weighted by molar-refractivity contribution is 6.04.